The number of rotatable bonds is 4. The van der Waals surface area contributed by atoms with Gasteiger partial charge in [0.1, 0.15) is 11.5 Å². The molecule has 0 aliphatic heterocycles. The van der Waals surface area contributed by atoms with Gasteiger partial charge in [-0.1, -0.05) is 28.9 Å². The molecule has 5 nitrogen and oxygen atoms in total. The third-order valence-corrected chi connectivity index (χ3v) is 3.45. The zero-order valence-corrected chi connectivity index (χ0v) is 12.9. The second-order valence-corrected chi connectivity index (χ2v) is 5.03. The Hall–Kier alpha value is -2.79. The first-order valence-electron chi connectivity index (χ1n) is 6.75. The number of methoxy groups -OCH3 is 1. The Morgan fingerprint density at radius 1 is 1.13 bits per heavy atom. The van der Waals surface area contributed by atoms with Crippen LogP contribution in [0.15, 0.2) is 59.1 Å². The summed E-state index contributed by atoms with van der Waals surface area (Å²) in [5, 5.41) is 4.08. The molecule has 0 saturated carbocycles. The SMILES string of the molecule is COc1ccc(-c2cc(C(=O)Oc3ccccc3Cl)no2)cc1. The van der Waals surface area contributed by atoms with Crippen molar-refractivity contribution in [2.75, 3.05) is 7.11 Å². The number of carbonyl (C=O) groups is 1. The van der Waals surface area contributed by atoms with Crippen molar-refractivity contribution in [1.29, 1.82) is 0 Å². The first-order valence-corrected chi connectivity index (χ1v) is 7.13. The minimum absolute atomic E-state index is 0.0655. The number of hydrogen-bond acceptors (Lipinski definition) is 5. The van der Waals surface area contributed by atoms with E-state index in [0.29, 0.717) is 10.8 Å². The van der Waals surface area contributed by atoms with E-state index in [4.69, 9.17) is 25.6 Å². The molecule has 0 N–H and O–H groups in total. The fraction of sp³-hybridized carbons (Fsp3) is 0.0588. The summed E-state index contributed by atoms with van der Waals surface area (Å²) in [7, 11) is 1.59. The Balaban J connectivity index is 1.78. The van der Waals surface area contributed by atoms with Crippen molar-refractivity contribution in [1.82, 2.24) is 5.16 Å². The van der Waals surface area contributed by atoms with Gasteiger partial charge in [0.05, 0.1) is 12.1 Å². The molecule has 0 aliphatic carbocycles. The predicted octanol–water partition coefficient (Wildman–Crippen LogP) is 4.22. The summed E-state index contributed by atoms with van der Waals surface area (Å²) in [6, 6.07) is 15.4. The van der Waals surface area contributed by atoms with Crippen LogP contribution >= 0.6 is 11.6 Å². The number of hydrogen-bond donors (Lipinski definition) is 0. The molecule has 0 bridgehead atoms. The third kappa shape index (κ3) is 3.35. The summed E-state index contributed by atoms with van der Waals surface area (Å²) < 4.78 is 15.5. The number of carbonyl (C=O) groups excluding carboxylic acids is 1. The average Bonchev–Trinajstić information content (AvgIpc) is 3.07. The molecule has 0 aliphatic rings. The van der Waals surface area contributed by atoms with Gasteiger partial charge in [0.25, 0.3) is 0 Å². The van der Waals surface area contributed by atoms with Gasteiger partial charge >= 0.3 is 5.97 Å². The molecule has 0 atom stereocenters. The van der Waals surface area contributed by atoms with Crippen LogP contribution in [0.2, 0.25) is 5.02 Å². The molecule has 23 heavy (non-hydrogen) atoms. The number of para-hydroxylation sites is 1. The highest BCUT2D eigenvalue weighted by Gasteiger charge is 2.17. The van der Waals surface area contributed by atoms with Crippen LogP contribution in [0.5, 0.6) is 11.5 Å². The molecule has 3 rings (SSSR count). The first-order chi connectivity index (χ1) is 11.2. The van der Waals surface area contributed by atoms with Crippen LogP contribution in [0, 0.1) is 0 Å². The van der Waals surface area contributed by atoms with E-state index in [-0.39, 0.29) is 11.4 Å². The highest BCUT2D eigenvalue weighted by Crippen LogP contribution is 2.26. The van der Waals surface area contributed by atoms with Crippen molar-refractivity contribution in [2.45, 2.75) is 0 Å². The fourth-order valence-electron chi connectivity index (χ4n) is 1.94. The van der Waals surface area contributed by atoms with Crippen LogP contribution in [0.3, 0.4) is 0 Å². The normalized spacial score (nSPS) is 10.3. The molecule has 6 heteroatoms. The Labute approximate surface area is 137 Å². The zero-order valence-electron chi connectivity index (χ0n) is 12.2. The van der Waals surface area contributed by atoms with Crippen molar-refractivity contribution in [3.05, 3.63) is 65.3 Å². The van der Waals surface area contributed by atoms with E-state index >= 15 is 0 Å². The Kier molecular flexibility index (Phi) is 4.30. The van der Waals surface area contributed by atoms with Crippen molar-refractivity contribution < 1.29 is 18.8 Å². The van der Waals surface area contributed by atoms with Crippen LogP contribution in [-0.4, -0.2) is 18.2 Å². The average molecular weight is 330 g/mol. The number of aromatic nitrogens is 1. The van der Waals surface area contributed by atoms with Crippen molar-refractivity contribution in [3.8, 4) is 22.8 Å². The molecule has 2 aromatic carbocycles. The van der Waals surface area contributed by atoms with Gasteiger partial charge in [-0.2, -0.15) is 0 Å². The third-order valence-electron chi connectivity index (χ3n) is 3.13. The summed E-state index contributed by atoms with van der Waals surface area (Å²) in [4.78, 5) is 12.1. The Morgan fingerprint density at radius 3 is 2.57 bits per heavy atom. The van der Waals surface area contributed by atoms with Crippen molar-refractivity contribution >= 4 is 17.6 Å². The van der Waals surface area contributed by atoms with Gasteiger partial charge in [-0.05, 0) is 36.4 Å². The van der Waals surface area contributed by atoms with Gasteiger partial charge in [0.15, 0.2) is 11.5 Å². The van der Waals surface area contributed by atoms with Crippen LogP contribution in [0.1, 0.15) is 10.5 Å². The maximum atomic E-state index is 12.1. The van der Waals surface area contributed by atoms with Crippen molar-refractivity contribution in [3.63, 3.8) is 0 Å². The maximum absolute atomic E-state index is 12.1. The molecule has 1 aromatic heterocycles. The van der Waals surface area contributed by atoms with Crippen molar-refractivity contribution in [2.24, 2.45) is 0 Å². The summed E-state index contributed by atoms with van der Waals surface area (Å²) in [5.74, 6) is 0.820. The van der Waals surface area contributed by atoms with Gasteiger partial charge in [0.2, 0.25) is 0 Å². The molecule has 3 aromatic rings. The number of halogens is 1. The Bertz CT molecular complexity index is 827. The lowest BCUT2D eigenvalue weighted by Crippen LogP contribution is -2.08. The lowest BCUT2D eigenvalue weighted by atomic mass is 10.1. The topological polar surface area (TPSA) is 61.6 Å². The number of esters is 1. The molecule has 0 radical (unpaired) electrons. The number of nitrogens with zero attached hydrogens (tertiary/aromatic N) is 1. The Morgan fingerprint density at radius 2 is 1.87 bits per heavy atom. The fourth-order valence-corrected chi connectivity index (χ4v) is 2.12. The summed E-state index contributed by atoms with van der Waals surface area (Å²) in [6.45, 7) is 0. The van der Waals surface area contributed by atoms with Gasteiger partial charge in [-0.25, -0.2) is 4.79 Å². The standard InChI is InChI=1S/C17H12ClNO4/c1-21-12-8-6-11(7-9-12)16-10-14(19-23-16)17(20)22-15-5-3-2-4-13(15)18/h2-10H,1H3. The molecule has 1 heterocycles. The molecular formula is C17H12ClNO4. The first kappa shape index (κ1) is 15.1. The van der Waals surface area contributed by atoms with Crippen LogP contribution in [0.25, 0.3) is 11.3 Å². The molecule has 0 fully saturated rings. The van der Waals surface area contributed by atoms with Gasteiger partial charge in [-0.3, -0.25) is 0 Å². The van der Waals surface area contributed by atoms with E-state index in [0.717, 1.165) is 11.3 Å². The lowest BCUT2D eigenvalue weighted by molar-refractivity contribution is 0.0724. The second-order valence-electron chi connectivity index (χ2n) is 4.62. The van der Waals surface area contributed by atoms with E-state index in [1.165, 1.54) is 6.07 Å². The van der Waals surface area contributed by atoms with E-state index in [9.17, 15) is 4.79 Å². The summed E-state index contributed by atoms with van der Waals surface area (Å²) in [6.07, 6.45) is 0. The quantitative estimate of drug-likeness (QED) is 0.529. The summed E-state index contributed by atoms with van der Waals surface area (Å²) in [5.41, 5.74) is 0.839. The number of ether oxygens (including phenoxy) is 2. The minimum atomic E-state index is -0.637. The minimum Gasteiger partial charge on any atom is -0.497 e. The van der Waals surface area contributed by atoms with Gasteiger partial charge in [-0.15, -0.1) is 0 Å². The molecule has 0 spiro atoms. The highest BCUT2D eigenvalue weighted by molar-refractivity contribution is 6.32. The molecule has 116 valence electrons. The van der Waals surface area contributed by atoms with E-state index in [1.807, 2.05) is 12.1 Å². The summed E-state index contributed by atoms with van der Waals surface area (Å²) >= 11 is 5.95. The second kappa shape index (κ2) is 6.54. The van der Waals surface area contributed by atoms with Crippen LogP contribution < -0.4 is 9.47 Å². The van der Waals surface area contributed by atoms with Crippen LogP contribution in [0.4, 0.5) is 0 Å². The van der Waals surface area contributed by atoms with Gasteiger partial charge in [0, 0.05) is 11.6 Å². The van der Waals surface area contributed by atoms with E-state index < -0.39 is 5.97 Å². The molecule has 0 unspecified atom stereocenters. The van der Waals surface area contributed by atoms with Crippen LogP contribution in [-0.2, 0) is 0 Å². The monoisotopic (exact) mass is 329 g/mol. The lowest BCUT2D eigenvalue weighted by Gasteiger charge is -2.02. The van der Waals surface area contributed by atoms with E-state index in [2.05, 4.69) is 5.16 Å². The van der Waals surface area contributed by atoms with E-state index in [1.54, 1.807) is 43.5 Å². The smallest absolute Gasteiger partial charge is 0.366 e. The number of benzene rings is 2. The predicted molar refractivity (Wildman–Crippen MR) is 84.9 cm³/mol. The molecule has 0 amide bonds. The maximum Gasteiger partial charge on any atom is 0.366 e. The highest BCUT2D eigenvalue weighted by atomic mass is 35.5. The molecular weight excluding hydrogens is 318 g/mol. The van der Waals surface area contributed by atoms with Gasteiger partial charge < -0.3 is 14.0 Å². The molecule has 0 saturated heterocycles. The zero-order chi connectivity index (χ0) is 16.2. The largest absolute Gasteiger partial charge is 0.497 e.